The largest absolute Gasteiger partial charge is 0.395 e. The molecule has 0 aliphatic carbocycles. The number of aliphatic hydroxyl groups is 2. The van der Waals surface area contributed by atoms with E-state index in [1.54, 1.807) is 11.0 Å². The van der Waals surface area contributed by atoms with Crippen molar-refractivity contribution in [1.29, 1.82) is 0 Å². The summed E-state index contributed by atoms with van der Waals surface area (Å²) in [5.41, 5.74) is 1.97. The molecule has 0 spiro atoms. The van der Waals surface area contributed by atoms with Gasteiger partial charge in [0.15, 0.2) is 0 Å². The average molecular weight is 290 g/mol. The molecular formula is C15H22N4O2. The van der Waals surface area contributed by atoms with Gasteiger partial charge >= 0.3 is 0 Å². The monoisotopic (exact) mass is 290 g/mol. The Morgan fingerprint density at radius 2 is 2.14 bits per heavy atom. The van der Waals surface area contributed by atoms with Crippen LogP contribution in [0, 0.1) is 0 Å². The number of hydrogen-bond acceptors (Lipinski definition) is 5. The number of hydrogen-bond donors (Lipinski definition) is 3. The molecule has 1 heterocycles. The van der Waals surface area contributed by atoms with E-state index >= 15 is 0 Å². The van der Waals surface area contributed by atoms with Crippen molar-refractivity contribution in [3.8, 4) is 5.69 Å². The second-order valence-electron chi connectivity index (χ2n) is 4.99. The van der Waals surface area contributed by atoms with Crippen molar-refractivity contribution in [3.63, 3.8) is 0 Å². The SMILES string of the molecule is CCCC(O)C(CO)NCc1ccccc1-n1cncn1. The molecule has 6 nitrogen and oxygen atoms in total. The third-order valence-corrected chi connectivity index (χ3v) is 3.46. The fraction of sp³-hybridized carbons (Fsp3) is 0.467. The van der Waals surface area contributed by atoms with Crippen molar-refractivity contribution in [2.24, 2.45) is 0 Å². The van der Waals surface area contributed by atoms with Gasteiger partial charge in [0.05, 0.1) is 24.4 Å². The van der Waals surface area contributed by atoms with E-state index in [2.05, 4.69) is 15.4 Å². The summed E-state index contributed by atoms with van der Waals surface area (Å²) in [5, 5.41) is 26.7. The molecule has 2 aromatic rings. The van der Waals surface area contributed by atoms with Crippen LogP contribution in [0.5, 0.6) is 0 Å². The van der Waals surface area contributed by atoms with Crippen molar-refractivity contribution >= 4 is 0 Å². The molecule has 3 N–H and O–H groups in total. The van der Waals surface area contributed by atoms with Crippen LogP contribution in [-0.4, -0.2) is 43.7 Å². The molecule has 0 radical (unpaired) electrons. The first-order valence-electron chi connectivity index (χ1n) is 7.21. The molecule has 2 unspecified atom stereocenters. The zero-order valence-electron chi connectivity index (χ0n) is 12.2. The van der Waals surface area contributed by atoms with Gasteiger partial charge < -0.3 is 15.5 Å². The van der Waals surface area contributed by atoms with Crippen LogP contribution in [0.3, 0.4) is 0 Å². The van der Waals surface area contributed by atoms with E-state index in [4.69, 9.17) is 0 Å². The lowest BCUT2D eigenvalue weighted by molar-refractivity contribution is 0.0819. The van der Waals surface area contributed by atoms with Crippen LogP contribution in [0.2, 0.25) is 0 Å². The minimum atomic E-state index is -0.543. The Labute approximate surface area is 124 Å². The van der Waals surface area contributed by atoms with Gasteiger partial charge in [-0.3, -0.25) is 0 Å². The summed E-state index contributed by atoms with van der Waals surface area (Å²) in [7, 11) is 0. The zero-order chi connectivity index (χ0) is 15.1. The fourth-order valence-corrected chi connectivity index (χ4v) is 2.28. The second kappa shape index (κ2) is 7.87. The summed E-state index contributed by atoms with van der Waals surface area (Å²) in [6.45, 7) is 2.46. The molecule has 0 saturated carbocycles. The van der Waals surface area contributed by atoms with Gasteiger partial charge in [-0.15, -0.1) is 0 Å². The molecule has 1 aromatic heterocycles. The summed E-state index contributed by atoms with van der Waals surface area (Å²) in [4.78, 5) is 3.96. The van der Waals surface area contributed by atoms with Crippen LogP contribution >= 0.6 is 0 Å². The topological polar surface area (TPSA) is 83.2 Å². The lowest BCUT2D eigenvalue weighted by Gasteiger charge is -2.22. The van der Waals surface area contributed by atoms with Crippen molar-refractivity contribution in [1.82, 2.24) is 20.1 Å². The fourth-order valence-electron chi connectivity index (χ4n) is 2.28. The maximum atomic E-state index is 9.99. The van der Waals surface area contributed by atoms with E-state index in [9.17, 15) is 10.2 Å². The molecule has 6 heteroatoms. The normalized spacial score (nSPS) is 14.0. The molecule has 0 saturated heterocycles. The van der Waals surface area contributed by atoms with E-state index in [0.717, 1.165) is 17.7 Å². The van der Waals surface area contributed by atoms with Gasteiger partial charge in [0, 0.05) is 6.54 Å². The molecule has 21 heavy (non-hydrogen) atoms. The highest BCUT2D eigenvalue weighted by molar-refractivity contribution is 5.39. The number of nitrogens with one attached hydrogen (secondary N) is 1. The van der Waals surface area contributed by atoms with Crippen molar-refractivity contribution in [2.75, 3.05) is 6.61 Å². The van der Waals surface area contributed by atoms with Crippen molar-refractivity contribution in [3.05, 3.63) is 42.5 Å². The highest BCUT2D eigenvalue weighted by atomic mass is 16.3. The van der Waals surface area contributed by atoms with Gasteiger partial charge in [0.1, 0.15) is 12.7 Å². The van der Waals surface area contributed by atoms with Gasteiger partial charge in [0.25, 0.3) is 0 Å². The van der Waals surface area contributed by atoms with Crippen molar-refractivity contribution < 1.29 is 10.2 Å². The maximum absolute atomic E-state index is 9.99. The number of benzene rings is 1. The molecule has 0 aliphatic rings. The van der Waals surface area contributed by atoms with E-state index in [1.165, 1.54) is 6.33 Å². The molecular weight excluding hydrogens is 268 g/mol. The summed E-state index contributed by atoms with van der Waals surface area (Å²) >= 11 is 0. The average Bonchev–Trinajstić information content (AvgIpc) is 3.03. The quantitative estimate of drug-likeness (QED) is 0.672. The highest BCUT2D eigenvalue weighted by Crippen LogP contribution is 2.13. The highest BCUT2D eigenvalue weighted by Gasteiger charge is 2.17. The summed E-state index contributed by atoms with van der Waals surface area (Å²) < 4.78 is 1.70. The first-order chi connectivity index (χ1) is 10.3. The van der Waals surface area contributed by atoms with Crippen LogP contribution < -0.4 is 5.32 Å². The summed E-state index contributed by atoms with van der Waals surface area (Å²) in [5.74, 6) is 0. The Bertz CT molecular complexity index is 530. The van der Waals surface area contributed by atoms with E-state index < -0.39 is 6.10 Å². The smallest absolute Gasteiger partial charge is 0.138 e. The van der Waals surface area contributed by atoms with Crippen LogP contribution in [-0.2, 0) is 6.54 Å². The lowest BCUT2D eigenvalue weighted by atomic mass is 10.1. The molecule has 0 amide bonds. The number of nitrogens with zero attached hydrogens (tertiary/aromatic N) is 3. The minimum absolute atomic E-state index is 0.0906. The van der Waals surface area contributed by atoms with Crippen molar-refractivity contribution in [2.45, 2.75) is 38.5 Å². The van der Waals surface area contributed by atoms with Crippen LogP contribution in [0.4, 0.5) is 0 Å². The van der Waals surface area contributed by atoms with Crippen LogP contribution in [0.25, 0.3) is 5.69 Å². The summed E-state index contributed by atoms with van der Waals surface area (Å²) in [6.07, 6.45) is 4.15. The zero-order valence-corrected chi connectivity index (χ0v) is 12.2. The third kappa shape index (κ3) is 4.10. The Hall–Kier alpha value is -1.76. The molecule has 2 rings (SSSR count). The second-order valence-corrected chi connectivity index (χ2v) is 4.99. The van der Waals surface area contributed by atoms with Gasteiger partial charge in [-0.1, -0.05) is 31.5 Å². The van der Waals surface area contributed by atoms with Gasteiger partial charge in [-0.25, -0.2) is 9.67 Å². The predicted molar refractivity (Wildman–Crippen MR) is 80.0 cm³/mol. The van der Waals surface area contributed by atoms with Gasteiger partial charge in [0.2, 0.25) is 0 Å². The van der Waals surface area contributed by atoms with E-state index in [1.807, 2.05) is 31.2 Å². The standard InChI is InChI=1S/C15H22N4O2/c1-2-5-15(21)13(9-20)17-8-12-6-3-4-7-14(12)19-11-16-10-18-19/h3-4,6-7,10-11,13,15,17,20-21H,2,5,8-9H2,1H3. The molecule has 0 aliphatic heterocycles. The Kier molecular flexibility index (Phi) is 5.86. The number of para-hydroxylation sites is 1. The molecule has 0 fully saturated rings. The van der Waals surface area contributed by atoms with Gasteiger partial charge in [-0.2, -0.15) is 5.10 Å². The minimum Gasteiger partial charge on any atom is -0.395 e. The van der Waals surface area contributed by atoms with Crippen LogP contribution in [0.1, 0.15) is 25.3 Å². The third-order valence-electron chi connectivity index (χ3n) is 3.46. The van der Waals surface area contributed by atoms with Gasteiger partial charge in [-0.05, 0) is 18.1 Å². The van der Waals surface area contributed by atoms with E-state index in [-0.39, 0.29) is 12.6 Å². The Balaban J connectivity index is 2.06. The first-order valence-corrected chi connectivity index (χ1v) is 7.21. The predicted octanol–water partition coefficient (Wildman–Crippen LogP) is 0.879. The van der Waals surface area contributed by atoms with Crippen LogP contribution in [0.15, 0.2) is 36.9 Å². The Morgan fingerprint density at radius 3 is 2.81 bits per heavy atom. The number of rotatable bonds is 8. The van der Waals surface area contributed by atoms with E-state index in [0.29, 0.717) is 13.0 Å². The number of aromatic nitrogens is 3. The summed E-state index contributed by atoms with van der Waals surface area (Å²) in [6, 6.07) is 7.52. The maximum Gasteiger partial charge on any atom is 0.138 e. The molecule has 1 aromatic carbocycles. The molecule has 0 bridgehead atoms. The Morgan fingerprint density at radius 1 is 1.33 bits per heavy atom. The molecule has 114 valence electrons. The first kappa shape index (κ1) is 15.6. The lowest BCUT2D eigenvalue weighted by Crippen LogP contribution is -2.42. The number of aliphatic hydroxyl groups excluding tert-OH is 2. The molecule has 2 atom stereocenters.